The summed E-state index contributed by atoms with van der Waals surface area (Å²) in [5.74, 6) is 1.41. The summed E-state index contributed by atoms with van der Waals surface area (Å²) >= 11 is 5.92. The average Bonchev–Trinajstić information content (AvgIpc) is 3.01. The van der Waals surface area contributed by atoms with Gasteiger partial charge in [-0.1, -0.05) is 11.6 Å². The molecule has 0 aliphatic rings. The van der Waals surface area contributed by atoms with E-state index < -0.39 is 4.92 Å². The molecule has 1 N–H and O–H groups in total. The number of oxazole rings is 1. The van der Waals surface area contributed by atoms with Gasteiger partial charge in [-0.2, -0.15) is 0 Å². The summed E-state index contributed by atoms with van der Waals surface area (Å²) in [6, 6.07) is 12.0. The van der Waals surface area contributed by atoms with Crippen LogP contribution in [-0.4, -0.2) is 16.5 Å². The SMILES string of the molecule is CCOc1cc(NCc2nc(C)c(-c3ccc(Cl)cc3)o2)ccc1[N+](=O)[O-]. The number of hydrogen-bond acceptors (Lipinski definition) is 6. The van der Waals surface area contributed by atoms with Crippen LogP contribution in [0.3, 0.4) is 0 Å². The fourth-order valence-corrected chi connectivity index (χ4v) is 2.75. The first kappa shape index (κ1) is 18.7. The predicted octanol–water partition coefficient (Wildman–Crippen LogP) is 5.22. The second kappa shape index (κ2) is 8.09. The van der Waals surface area contributed by atoms with Crippen molar-refractivity contribution in [2.75, 3.05) is 11.9 Å². The molecule has 0 unspecified atom stereocenters. The maximum Gasteiger partial charge on any atom is 0.311 e. The first-order chi connectivity index (χ1) is 13.0. The van der Waals surface area contributed by atoms with Crippen LogP contribution in [0, 0.1) is 17.0 Å². The minimum atomic E-state index is -0.468. The van der Waals surface area contributed by atoms with Crippen LogP contribution in [0.2, 0.25) is 5.02 Å². The maximum atomic E-state index is 11.1. The van der Waals surface area contributed by atoms with E-state index in [0.717, 1.165) is 11.3 Å². The Morgan fingerprint density at radius 3 is 2.67 bits per heavy atom. The van der Waals surface area contributed by atoms with E-state index in [1.165, 1.54) is 6.07 Å². The van der Waals surface area contributed by atoms with Crippen molar-refractivity contribution < 1.29 is 14.1 Å². The second-order valence-electron chi connectivity index (χ2n) is 5.76. The summed E-state index contributed by atoms with van der Waals surface area (Å²) < 4.78 is 11.2. The van der Waals surface area contributed by atoms with Crippen molar-refractivity contribution in [3.63, 3.8) is 0 Å². The molecule has 0 saturated heterocycles. The zero-order chi connectivity index (χ0) is 19.4. The molecule has 3 rings (SSSR count). The molecule has 2 aromatic carbocycles. The normalized spacial score (nSPS) is 10.6. The van der Waals surface area contributed by atoms with Crippen LogP contribution in [0.5, 0.6) is 5.75 Å². The third-order valence-electron chi connectivity index (χ3n) is 3.85. The number of aryl methyl sites for hydroxylation is 1. The fourth-order valence-electron chi connectivity index (χ4n) is 2.62. The Bertz CT molecular complexity index is 954. The molecule has 3 aromatic rings. The fraction of sp³-hybridized carbons (Fsp3) is 0.211. The topological polar surface area (TPSA) is 90.4 Å². The molecule has 0 aliphatic carbocycles. The van der Waals surface area contributed by atoms with Crippen LogP contribution in [0.15, 0.2) is 46.9 Å². The lowest BCUT2D eigenvalue weighted by Gasteiger charge is -2.08. The van der Waals surface area contributed by atoms with Crippen molar-refractivity contribution in [1.29, 1.82) is 0 Å². The number of nitro benzene ring substituents is 1. The van der Waals surface area contributed by atoms with Crippen molar-refractivity contribution in [2.45, 2.75) is 20.4 Å². The number of aromatic nitrogens is 1. The molecule has 0 bridgehead atoms. The number of halogens is 1. The predicted molar refractivity (Wildman–Crippen MR) is 103 cm³/mol. The largest absolute Gasteiger partial charge is 0.487 e. The second-order valence-corrected chi connectivity index (χ2v) is 6.19. The van der Waals surface area contributed by atoms with Gasteiger partial charge in [-0.3, -0.25) is 10.1 Å². The first-order valence-corrected chi connectivity index (χ1v) is 8.73. The quantitative estimate of drug-likeness (QED) is 0.441. The Labute approximate surface area is 161 Å². The van der Waals surface area contributed by atoms with Crippen LogP contribution < -0.4 is 10.1 Å². The molecule has 7 nitrogen and oxygen atoms in total. The first-order valence-electron chi connectivity index (χ1n) is 8.35. The molecular formula is C19H18ClN3O4. The van der Waals surface area contributed by atoms with E-state index in [1.54, 1.807) is 31.2 Å². The highest BCUT2D eigenvalue weighted by molar-refractivity contribution is 6.30. The molecule has 0 fully saturated rings. The number of hydrogen-bond donors (Lipinski definition) is 1. The molecule has 0 amide bonds. The molecule has 0 spiro atoms. The number of nitrogens with zero attached hydrogens (tertiary/aromatic N) is 2. The Balaban J connectivity index is 1.75. The van der Waals surface area contributed by atoms with E-state index in [2.05, 4.69) is 10.3 Å². The minimum Gasteiger partial charge on any atom is -0.487 e. The van der Waals surface area contributed by atoms with E-state index in [1.807, 2.05) is 19.1 Å². The van der Waals surface area contributed by atoms with Gasteiger partial charge in [0.05, 0.1) is 23.8 Å². The molecule has 0 aliphatic heterocycles. The lowest BCUT2D eigenvalue weighted by molar-refractivity contribution is -0.385. The molecule has 1 aromatic heterocycles. The van der Waals surface area contributed by atoms with Gasteiger partial charge >= 0.3 is 5.69 Å². The number of rotatable bonds is 7. The number of nitro groups is 1. The molecular weight excluding hydrogens is 370 g/mol. The van der Waals surface area contributed by atoms with Crippen molar-refractivity contribution in [3.8, 4) is 17.1 Å². The van der Waals surface area contributed by atoms with Gasteiger partial charge in [0.1, 0.15) is 0 Å². The molecule has 27 heavy (non-hydrogen) atoms. The van der Waals surface area contributed by atoms with Crippen molar-refractivity contribution in [2.24, 2.45) is 0 Å². The highest BCUT2D eigenvalue weighted by atomic mass is 35.5. The number of ether oxygens (including phenoxy) is 1. The zero-order valence-corrected chi connectivity index (χ0v) is 15.6. The monoisotopic (exact) mass is 387 g/mol. The molecule has 0 radical (unpaired) electrons. The molecule has 0 atom stereocenters. The van der Waals surface area contributed by atoms with Gasteiger partial charge in [0.15, 0.2) is 11.5 Å². The van der Waals surface area contributed by atoms with Crippen LogP contribution in [0.4, 0.5) is 11.4 Å². The summed E-state index contributed by atoms with van der Waals surface area (Å²) in [5.41, 5.74) is 2.27. The summed E-state index contributed by atoms with van der Waals surface area (Å²) in [5, 5.41) is 14.9. The molecule has 140 valence electrons. The summed E-state index contributed by atoms with van der Waals surface area (Å²) in [6.45, 7) is 4.32. The number of benzene rings is 2. The number of nitrogens with one attached hydrogen (secondary N) is 1. The van der Waals surface area contributed by atoms with Gasteiger partial charge in [0.2, 0.25) is 5.89 Å². The Morgan fingerprint density at radius 1 is 1.26 bits per heavy atom. The third-order valence-corrected chi connectivity index (χ3v) is 4.10. The van der Waals surface area contributed by atoms with Gasteiger partial charge in [-0.25, -0.2) is 4.98 Å². The standard InChI is InChI=1S/C19H18ClN3O4/c1-3-26-17-10-15(8-9-16(17)23(24)25)21-11-18-22-12(2)19(27-18)13-4-6-14(20)7-5-13/h4-10,21H,3,11H2,1-2H3. The highest BCUT2D eigenvalue weighted by Gasteiger charge is 2.16. The Kier molecular flexibility index (Phi) is 5.61. The van der Waals surface area contributed by atoms with Gasteiger partial charge in [-0.05, 0) is 44.2 Å². The minimum absolute atomic E-state index is 0.0700. The highest BCUT2D eigenvalue weighted by Crippen LogP contribution is 2.31. The van der Waals surface area contributed by atoms with Crippen molar-refractivity contribution in [3.05, 3.63) is 69.2 Å². The van der Waals surface area contributed by atoms with Gasteiger partial charge < -0.3 is 14.5 Å². The van der Waals surface area contributed by atoms with E-state index >= 15 is 0 Å². The van der Waals surface area contributed by atoms with Crippen molar-refractivity contribution in [1.82, 2.24) is 4.98 Å². The van der Waals surface area contributed by atoms with Gasteiger partial charge in [0.25, 0.3) is 0 Å². The van der Waals surface area contributed by atoms with Crippen LogP contribution >= 0.6 is 11.6 Å². The Morgan fingerprint density at radius 2 is 2.00 bits per heavy atom. The number of anilines is 1. The van der Waals surface area contributed by atoms with E-state index in [4.69, 9.17) is 20.8 Å². The van der Waals surface area contributed by atoms with Gasteiger partial charge in [-0.15, -0.1) is 0 Å². The zero-order valence-electron chi connectivity index (χ0n) is 14.9. The molecule has 1 heterocycles. The van der Waals surface area contributed by atoms with Crippen molar-refractivity contribution >= 4 is 23.0 Å². The van der Waals surface area contributed by atoms with Crippen LogP contribution in [0.1, 0.15) is 18.5 Å². The summed E-state index contributed by atoms with van der Waals surface area (Å²) in [7, 11) is 0. The smallest absolute Gasteiger partial charge is 0.311 e. The average molecular weight is 388 g/mol. The maximum absolute atomic E-state index is 11.1. The van der Waals surface area contributed by atoms with Crippen LogP contribution in [-0.2, 0) is 6.54 Å². The van der Waals surface area contributed by atoms with E-state index in [0.29, 0.717) is 35.5 Å². The molecule has 8 heteroatoms. The van der Waals surface area contributed by atoms with E-state index in [9.17, 15) is 10.1 Å². The molecule has 0 saturated carbocycles. The summed E-state index contributed by atoms with van der Waals surface area (Å²) in [4.78, 5) is 15.0. The third kappa shape index (κ3) is 4.38. The Hall–Kier alpha value is -3.06. The van der Waals surface area contributed by atoms with Crippen LogP contribution in [0.25, 0.3) is 11.3 Å². The summed E-state index contributed by atoms with van der Waals surface area (Å²) in [6.07, 6.45) is 0. The lowest BCUT2D eigenvalue weighted by Crippen LogP contribution is -2.02. The van der Waals surface area contributed by atoms with E-state index in [-0.39, 0.29) is 11.4 Å². The van der Waals surface area contributed by atoms with Gasteiger partial charge in [0, 0.05) is 28.4 Å². The lowest BCUT2D eigenvalue weighted by atomic mass is 10.1.